The molecule has 0 spiro atoms. The maximum absolute atomic E-state index is 12.6. The van der Waals surface area contributed by atoms with Crippen LogP contribution in [0.25, 0.3) is 11.0 Å². The molecular weight excluding hydrogens is 266 g/mol. The van der Waals surface area contributed by atoms with Crippen LogP contribution in [-0.4, -0.2) is 35.6 Å². The fourth-order valence-corrected chi connectivity index (χ4v) is 2.95. The lowest BCUT2D eigenvalue weighted by Gasteiger charge is -2.32. The minimum absolute atomic E-state index is 0.116. The van der Waals surface area contributed by atoms with Crippen LogP contribution in [0.2, 0.25) is 0 Å². The summed E-state index contributed by atoms with van der Waals surface area (Å²) < 4.78 is 5.80. The van der Waals surface area contributed by atoms with E-state index in [1.807, 2.05) is 42.2 Å². The minimum Gasteiger partial charge on any atom is -0.460 e. The summed E-state index contributed by atoms with van der Waals surface area (Å²) in [4.78, 5) is 14.5. The first-order valence-electron chi connectivity index (χ1n) is 7.57. The summed E-state index contributed by atoms with van der Waals surface area (Å²) in [5.74, 6) is 0.926. The molecule has 1 saturated heterocycles. The Morgan fingerprint density at radius 3 is 2.76 bits per heavy atom. The van der Waals surface area contributed by atoms with Gasteiger partial charge in [-0.3, -0.25) is 4.79 Å². The van der Waals surface area contributed by atoms with Crippen molar-refractivity contribution in [2.45, 2.75) is 25.7 Å². The summed E-state index contributed by atoms with van der Waals surface area (Å²) in [6.07, 6.45) is 1.77. The van der Waals surface area contributed by atoms with Crippen LogP contribution in [0.5, 0.6) is 0 Å². The van der Waals surface area contributed by atoms with Crippen molar-refractivity contribution in [2.24, 2.45) is 5.92 Å². The van der Waals surface area contributed by atoms with Crippen LogP contribution in [0.4, 0.5) is 0 Å². The average molecular weight is 287 g/mol. The van der Waals surface area contributed by atoms with Gasteiger partial charge in [-0.15, -0.1) is 0 Å². The largest absolute Gasteiger partial charge is 0.460 e. The Kier molecular flexibility index (Phi) is 3.97. The Morgan fingerprint density at radius 2 is 2.10 bits per heavy atom. The zero-order chi connectivity index (χ0) is 14.8. The number of furan rings is 1. The second-order valence-corrected chi connectivity index (χ2v) is 5.86. The lowest BCUT2D eigenvalue weighted by molar-refractivity contribution is -0.134. The van der Waals surface area contributed by atoms with Gasteiger partial charge in [-0.2, -0.15) is 0 Å². The molecular formula is C17H21NO3. The Labute approximate surface area is 124 Å². The predicted molar refractivity (Wildman–Crippen MR) is 81.0 cm³/mol. The molecule has 2 heterocycles. The third-order valence-electron chi connectivity index (χ3n) is 4.43. The standard InChI is InChI=1S/C17H21NO3/c1-12(16-10-14-4-2-3-5-15(14)21-16)17(20)18-8-6-13(11-19)7-9-18/h2-5,10,12-13,19H,6-9,11H2,1H3. The van der Waals surface area contributed by atoms with Crippen molar-refractivity contribution in [2.75, 3.05) is 19.7 Å². The van der Waals surface area contributed by atoms with E-state index < -0.39 is 0 Å². The van der Waals surface area contributed by atoms with Gasteiger partial charge in [-0.25, -0.2) is 0 Å². The molecule has 0 bridgehead atoms. The summed E-state index contributed by atoms with van der Waals surface area (Å²) in [6, 6.07) is 9.77. The molecule has 1 atom stereocenters. The van der Waals surface area contributed by atoms with Gasteiger partial charge in [0.15, 0.2) is 0 Å². The van der Waals surface area contributed by atoms with E-state index in [0.717, 1.165) is 42.7 Å². The number of aliphatic hydroxyl groups excluding tert-OH is 1. The van der Waals surface area contributed by atoms with Crippen LogP contribution in [-0.2, 0) is 4.79 Å². The van der Waals surface area contributed by atoms with Crippen molar-refractivity contribution < 1.29 is 14.3 Å². The predicted octanol–water partition coefficient (Wildman–Crippen LogP) is 2.77. The average Bonchev–Trinajstić information content (AvgIpc) is 2.97. The SMILES string of the molecule is CC(C(=O)N1CCC(CO)CC1)c1cc2ccccc2o1. The molecule has 1 aliphatic heterocycles. The number of hydrogen-bond acceptors (Lipinski definition) is 3. The second kappa shape index (κ2) is 5.90. The molecule has 1 amide bonds. The van der Waals surface area contributed by atoms with Gasteiger partial charge in [0.1, 0.15) is 11.3 Å². The van der Waals surface area contributed by atoms with Crippen LogP contribution in [0.1, 0.15) is 31.4 Å². The molecule has 1 unspecified atom stereocenters. The lowest BCUT2D eigenvalue weighted by atomic mass is 9.96. The highest BCUT2D eigenvalue weighted by molar-refractivity contribution is 5.85. The first kappa shape index (κ1) is 14.1. The van der Waals surface area contributed by atoms with E-state index in [1.54, 1.807) is 0 Å². The van der Waals surface area contributed by atoms with Crippen molar-refractivity contribution in [1.82, 2.24) is 4.90 Å². The molecule has 1 fully saturated rings. The maximum atomic E-state index is 12.6. The third kappa shape index (κ3) is 2.81. The maximum Gasteiger partial charge on any atom is 0.233 e. The number of carbonyl (C=O) groups is 1. The Balaban J connectivity index is 1.72. The highest BCUT2D eigenvalue weighted by Crippen LogP contribution is 2.27. The zero-order valence-electron chi connectivity index (χ0n) is 12.3. The van der Waals surface area contributed by atoms with Gasteiger partial charge in [-0.05, 0) is 37.8 Å². The Morgan fingerprint density at radius 1 is 1.38 bits per heavy atom. The number of amides is 1. The number of likely N-dealkylation sites (tertiary alicyclic amines) is 1. The Bertz CT molecular complexity index is 593. The van der Waals surface area contributed by atoms with Crippen molar-refractivity contribution in [3.63, 3.8) is 0 Å². The van der Waals surface area contributed by atoms with E-state index in [4.69, 9.17) is 9.52 Å². The second-order valence-electron chi connectivity index (χ2n) is 5.86. The Hall–Kier alpha value is -1.81. The molecule has 2 aromatic rings. The molecule has 4 heteroatoms. The first-order chi connectivity index (χ1) is 10.2. The molecule has 1 N–H and O–H groups in total. The van der Waals surface area contributed by atoms with Gasteiger partial charge in [-0.1, -0.05) is 18.2 Å². The smallest absolute Gasteiger partial charge is 0.233 e. The van der Waals surface area contributed by atoms with E-state index in [1.165, 1.54) is 0 Å². The zero-order valence-corrected chi connectivity index (χ0v) is 12.3. The van der Waals surface area contributed by atoms with E-state index in [0.29, 0.717) is 5.92 Å². The highest BCUT2D eigenvalue weighted by Gasteiger charge is 2.28. The lowest BCUT2D eigenvalue weighted by Crippen LogP contribution is -2.41. The van der Waals surface area contributed by atoms with E-state index in [2.05, 4.69) is 0 Å². The fraction of sp³-hybridized carbons (Fsp3) is 0.471. The number of aliphatic hydroxyl groups is 1. The topological polar surface area (TPSA) is 53.7 Å². The number of benzene rings is 1. The molecule has 21 heavy (non-hydrogen) atoms. The molecule has 1 aliphatic rings. The van der Waals surface area contributed by atoms with E-state index >= 15 is 0 Å². The molecule has 1 aromatic heterocycles. The van der Waals surface area contributed by atoms with E-state index in [-0.39, 0.29) is 18.4 Å². The number of para-hydroxylation sites is 1. The summed E-state index contributed by atoms with van der Waals surface area (Å²) in [6.45, 7) is 3.59. The number of piperidine rings is 1. The van der Waals surface area contributed by atoms with Crippen LogP contribution >= 0.6 is 0 Å². The molecule has 112 valence electrons. The van der Waals surface area contributed by atoms with Crippen LogP contribution < -0.4 is 0 Å². The highest BCUT2D eigenvalue weighted by atomic mass is 16.3. The fourth-order valence-electron chi connectivity index (χ4n) is 2.95. The quantitative estimate of drug-likeness (QED) is 0.944. The van der Waals surface area contributed by atoms with Crippen LogP contribution in [0.3, 0.4) is 0 Å². The van der Waals surface area contributed by atoms with Crippen molar-refractivity contribution >= 4 is 16.9 Å². The number of fused-ring (bicyclic) bond motifs is 1. The number of nitrogens with zero attached hydrogens (tertiary/aromatic N) is 1. The summed E-state index contributed by atoms with van der Waals surface area (Å²) in [5.41, 5.74) is 0.825. The number of rotatable bonds is 3. The first-order valence-corrected chi connectivity index (χ1v) is 7.57. The summed E-state index contributed by atoms with van der Waals surface area (Å²) in [5, 5.41) is 10.2. The van der Waals surface area contributed by atoms with Gasteiger partial charge in [0.25, 0.3) is 0 Å². The van der Waals surface area contributed by atoms with Crippen LogP contribution in [0, 0.1) is 5.92 Å². The van der Waals surface area contributed by atoms with E-state index in [9.17, 15) is 4.79 Å². The van der Waals surface area contributed by atoms with Crippen LogP contribution in [0.15, 0.2) is 34.7 Å². The molecule has 0 radical (unpaired) electrons. The molecule has 0 aliphatic carbocycles. The van der Waals surface area contributed by atoms with Gasteiger partial charge in [0.05, 0.1) is 5.92 Å². The van der Waals surface area contributed by atoms with Gasteiger partial charge >= 0.3 is 0 Å². The molecule has 0 saturated carbocycles. The molecule has 3 rings (SSSR count). The molecule has 4 nitrogen and oxygen atoms in total. The minimum atomic E-state index is -0.261. The van der Waals surface area contributed by atoms with Crippen molar-refractivity contribution in [1.29, 1.82) is 0 Å². The third-order valence-corrected chi connectivity index (χ3v) is 4.43. The number of hydrogen-bond donors (Lipinski definition) is 1. The summed E-state index contributed by atoms with van der Waals surface area (Å²) in [7, 11) is 0. The number of carbonyl (C=O) groups excluding carboxylic acids is 1. The van der Waals surface area contributed by atoms with Gasteiger partial charge < -0.3 is 14.4 Å². The summed E-state index contributed by atoms with van der Waals surface area (Å²) >= 11 is 0. The monoisotopic (exact) mass is 287 g/mol. The van der Waals surface area contributed by atoms with Crippen molar-refractivity contribution in [3.05, 3.63) is 36.1 Å². The van der Waals surface area contributed by atoms with Crippen molar-refractivity contribution in [3.8, 4) is 0 Å². The van der Waals surface area contributed by atoms with Gasteiger partial charge in [0, 0.05) is 25.1 Å². The normalized spacial score (nSPS) is 18.1. The van der Waals surface area contributed by atoms with Gasteiger partial charge in [0.2, 0.25) is 5.91 Å². The molecule has 1 aromatic carbocycles.